The lowest BCUT2D eigenvalue weighted by atomic mass is 9.62. The van der Waals surface area contributed by atoms with E-state index in [0.29, 0.717) is 68.2 Å². The van der Waals surface area contributed by atoms with Gasteiger partial charge in [-0.3, -0.25) is 38.5 Å². The third-order valence-electron chi connectivity index (χ3n) is 16.6. The molecule has 1 aliphatic carbocycles. The SMILES string of the molecule is COC1CC(c2cccc(-n3cc4c(C(F)(F)F)cc(CN5CCC(OCCN6CCC(CN7CCN(c8ccc9c(c8)CN([C@@H]8CCC(=O)NC8=O)C9=O)CC7)CC6)CC5)cn4c3=O)c2)(c2nncn2C)C1. The van der Waals surface area contributed by atoms with Crippen LogP contribution in [0.1, 0.15) is 89.8 Å². The smallest absolute Gasteiger partial charge is 0.381 e. The Labute approximate surface area is 421 Å². The molecule has 20 heteroatoms. The zero-order chi connectivity index (χ0) is 50.6. The average molecular weight is 1010 g/mol. The van der Waals surface area contributed by atoms with Crippen LogP contribution in [0.3, 0.4) is 0 Å². The highest BCUT2D eigenvalue weighted by atomic mass is 19.4. The van der Waals surface area contributed by atoms with Crippen molar-refractivity contribution in [1.82, 2.24) is 48.6 Å². The largest absolute Gasteiger partial charge is 0.418 e. The molecule has 0 spiro atoms. The molecular weight excluding hydrogens is 944 g/mol. The number of aryl methyl sites for hydroxylation is 1. The van der Waals surface area contributed by atoms with E-state index >= 15 is 0 Å². The van der Waals surface area contributed by atoms with Gasteiger partial charge in [-0.05, 0) is 117 Å². The number of nitrogens with one attached hydrogen (secondary N) is 1. The maximum Gasteiger partial charge on any atom is 0.418 e. The Hall–Kier alpha value is -5.93. The van der Waals surface area contributed by atoms with Crippen LogP contribution in [0.25, 0.3) is 11.2 Å². The number of piperidine rings is 3. The Balaban J connectivity index is 0.626. The summed E-state index contributed by atoms with van der Waals surface area (Å²) in [6, 6.07) is 14.0. The molecule has 0 bridgehead atoms. The first-order chi connectivity index (χ1) is 35.2. The van der Waals surface area contributed by atoms with E-state index < -0.39 is 34.8 Å². The van der Waals surface area contributed by atoms with Crippen LogP contribution in [-0.4, -0.2) is 158 Å². The third-order valence-corrected chi connectivity index (χ3v) is 16.6. The fraction of sp³-hybridized carbons (Fsp3) is 0.547. The van der Waals surface area contributed by atoms with Gasteiger partial charge >= 0.3 is 11.9 Å². The van der Waals surface area contributed by atoms with Crippen LogP contribution < -0.4 is 15.9 Å². The van der Waals surface area contributed by atoms with Crippen LogP contribution in [-0.2, 0) is 50.8 Å². The van der Waals surface area contributed by atoms with Gasteiger partial charge in [-0.1, -0.05) is 12.1 Å². The van der Waals surface area contributed by atoms with E-state index in [2.05, 4.69) is 41.2 Å². The van der Waals surface area contributed by atoms with Crippen molar-refractivity contribution in [3.63, 3.8) is 0 Å². The minimum absolute atomic E-state index is 0.0202. The van der Waals surface area contributed by atoms with Gasteiger partial charge in [0.15, 0.2) is 0 Å². The molecule has 17 nitrogen and oxygen atoms in total. The third kappa shape index (κ3) is 9.83. The zero-order valence-corrected chi connectivity index (χ0v) is 41.6. The number of carbonyl (C=O) groups is 3. The van der Waals surface area contributed by atoms with Crippen molar-refractivity contribution in [2.75, 3.05) is 84.1 Å². The van der Waals surface area contributed by atoms with Gasteiger partial charge in [0.25, 0.3) is 5.91 Å². The van der Waals surface area contributed by atoms with Gasteiger partial charge in [0.1, 0.15) is 18.2 Å². The van der Waals surface area contributed by atoms with Crippen molar-refractivity contribution in [1.29, 1.82) is 0 Å². The molecule has 73 heavy (non-hydrogen) atoms. The quantitative estimate of drug-likeness (QED) is 0.155. The van der Waals surface area contributed by atoms with Crippen molar-refractivity contribution >= 4 is 28.9 Å². The number of imidazole rings is 1. The molecule has 5 aliphatic heterocycles. The lowest BCUT2D eigenvalue weighted by Crippen LogP contribution is -2.52. The van der Waals surface area contributed by atoms with Crippen LogP contribution in [0.2, 0.25) is 0 Å². The minimum Gasteiger partial charge on any atom is -0.381 e. The topological polar surface area (TPSA) is 155 Å². The number of fused-ring (bicyclic) bond motifs is 2. The molecule has 1 N–H and O–H groups in total. The number of hydrogen-bond donors (Lipinski definition) is 1. The maximum atomic E-state index is 14.7. The van der Waals surface area contributed by atoms with Gasteiger partial charge in [0.05, 0.1) is 41.0 Å². The number of pyridine rings is 1. The number of aromatic nitrogens is 5. The Bertz CT molecular complexity index is 2920. The summed E-state index contributed by atoms with van der Waals surface area (Å²) in [6.07, 6.45) is 5.71. The van der Waals surface area contributed by atoms with Crippen LogP contribution in [0.15, 0.2) is 72.0 Å². The van der Waals surface area contributed by atoms with E-state index in [0.717, 1.165) is 105 Å². The molecule has 8 heterocycles. The van der Waals surface area contributed by atoms with Crippen LogP contribution >= 0.6 is 0 Å². The number of carbonyl (C=O) groups excluding carboxylic acids is 3. The summed E-state index contributed by atoms with van der Waals surface area (Å²) in [4.78, 5) is 62.5. The van der Waals surface area contributed by atoms with Gasteiger partial charge in [0.2, 0.25) is 11.8 Å². The van der Waals surface area contributed by atoms with Gasteiger partial charge in [-0.25, -0.2) is 4.79 Å². The predicted molar refractivity (Wildman–Crippen MR) is 264 cm³/mol. The number of ether oxygens (including phenoxy) is 2. The fourth-order valence-electron chi connectivity index (χ4n) is 12.4. The van der Waals surface area contributed by atoms with Crippen molar-refractivity contribution < 1.29 is 37.0 Å². The van der Waals surface area contributed by atoms with E-state index in [9.17, 15) is 32.3 Å². The van der Waals surface area contributed by atoms with Crippen molar-refractivity contribution in [3.05, 3.63) is 111 Å². The number of nitrogens with zero attached hydrogens (tertiary/aromatic N) is 10. The molecule has 6 aliphatic rings. The molecule has 5 fully saturated rings. The minimum atomic E-state index is -4.67. The second-order valence-electron chi connectivity index (χ2n) is 21.1. The van der Waals surface area contributed by atoms with E-state index in [1.807, 2.05) is 41.9 Å². The van der Waals surface area contributed by atoms with Crippen molar-refractivity contribution in [2.45, 2.75) is 94.3 Å². The van der Waals surface area contributed by atoms with Gasteiger partial charge in [0, 0.05) is 110 Å². The number of benzene rings is 2. The molecule has 11 rings (SSSR count). The van der Waals surface area contributed by atoms with Crippen molar-refractivity contribution in [2.24, 2.45) is 13.0 Å². The number of hydrogen-bond acceptors (Lipinski definition) is 12. The van der Waals surface area contributed by atoms with Gasteiger partial charge < -0.3 is 28.7 Å². The maximum absolute atomic E-state index is 14.7. The summed E-state index contributed by atoms with van der Waals surface area (Å²) in [5.74, 6) is 0.576. The first kappa shape index (κ1) is 49.3. The standard InChI is InChI=1S/C53H64F3N11O6/c1-60-34-57-59-50(60)52(27-42(28-52)72-2)38-4-3-5-40(26-38)65-33-46-44(53(54,55)56)24-36(31-67(46)51(65)71)30-62-16-12-41(13-17-62)73-23-22-61-14-10-35(11-15-61)29-63-18-20-64(21-19-63)39-6-7-43-37(25-39)32-66(49(43)70)45-8-9-47(68)58-48(45)69/h3-7,24-26,31,33-35,41-42,45H,8-23,27-30,32H2,1-2H3,(H,58,68,69)/t42?,45-,52?/m1/s1. The molecule has 1 saturated carbocycles. The summed E-state index contributed by atoms with van der Waals surface area (Å²) in [5, 5.41) is 10.9. The highest BCUT2D eigenvalue weighted by Gasteiger charge is 2.50. The number of imide groups is 1. The number of amides is 3. The fourth-order valence-corrected chi connectivity index (χ4v) is 12.4. The highest BCUT2D eigenvalue weighted by molar-refractivity contribution is 6.05. The van der Waals surface area contributed by atoms with E-state index in [-0.39, 0.29) is 42.5 Å². The lowest BCUT2D eigenvalue weighted by Gasteiger charge is -2.46. The normalized spacial score (nSPS) is 24.2. The number of likely N-dealkylation sites (tertiary alicyclic amines) is 2. The van der Waals surface area contributed by atoms with Crippen LogP contribution in [0.4, 0.5) is 18.9 Å². The highest BCUT2D eigenvalue weighted by Crippen LogP contribution is 2.49. The first-order valence-corrected chi connectivity index (χ1v) is 25.9. The van der Waals surface area contributed by atoms with E-state index in [1.165, 1.54) is 16.8 Å². The molecule has 4 saturated heterocycles. The van der Waals surface area contributed by atoms with Crippen LogP contribution in [0.5, 0.6) is 0 Å². The molecule has 3 amide bonds. The van der Waals surface area contributed by atoms with Gasteiger partial charge in [-0.15, -0.1) is 10.2 Å². The molecule has 388 valence electrons. The number of piperazine rings is 1. The van der Waals surface area contributed by atoms with Crippen LogP contribution in [0, 0.1) is 5.92 Å². The number of alkyl halides is 3. The summed E-state index contributed by atoms with van der Waals surface area (Å²) < 4.78 is 60.5. The summed E-state index contributed by atoms with van der Waals surface area (Å²) in [5.41, 5.74) is 2.33. The number of halogens is 3. The second-order valence-corrected chi connectivity index (χ2v) is 21.1. The Kier molecular flexibility index (Phi) is 13.5. The monoisotopic (exact) mass is 1010 g/mol. The molecular formula is C53H64F3N11O6. The van der Waals surface area contributed by atoms with Crippen molar-refractivity contribution in [3.8, 4) is 5.69 Å². The molecule has 5 aromatic rings. The molecule has 0 unspecified atom stereocenters. The average Bonchev–Trinajstić information content (AvgIpc) is 4.06. The number of methoxy groups -OCH3 is 1. The zero-order valence-electron chi connectivity index (χ0n) is 41.6. The summed E-state index contributed by atoms with van der Waals surface area (Å²) in [7, 11) is 3.55. The molecule has 1 atom stereocenters. The number of anilines is 1. The summed E-state index contributed by atoms with van der Waals surface area (Å²) >= 11 is 0. The summed E-state index contributed by atoms with van der Waals surface area (Å²) in [6.45, 7) is 10.5. The molecule has 3 aromatic heterocycles. The van der Waals surface area contributed by atoms with E-state index in [4.69, 9.17) is 9.47 Å². The Morgan fingerprint density at radius 3 is 2.30 bits per heavy atom. The lowest BCUT2D eigenvalue weighted by molar-refractivity contribution is -0.137. The second kappa shape index (κ2) is 20.1. The Morgan fingerprint density at radius 1 is 0.822 bits per heavy atom. The number of rotatable bonds is 14. The Morgan fingerprint density at radius 2 is 1.59 bits per heavy atom. The first-order valence-electron chi connectivity index (χ1n) is 25.9. The van der Waals surface area contributed by atoms with E-state index in [1.54, 1.807) is 30.6 Å². The van der Waals surface area contributed by atoms with Gasteiger partial charge in [-0.2, -0.15) is 13.2 Å². The predicted octanol–water partition coefficient (Wildman–Crippen LogP) is 4.61. The molecule has 0 radical (unpaired) electrons. The molecule has 2 aromatic carbocycles.